The van der Waals surface area contributed by atoms with Gasteiger partial charge in [0.25, 0.3) is 0 Å². The Morgan fingerprint density at radius 2 is 1.71 bits per heavy atom. The summed E-state index contributed by atoms with van der Waals surface area (Å²) in [4.78, 5) is 39.6. The quantitative estimate of drug-likeness (QED) is 0.660. The molecule has 2 saturated heterocycles. The molecule has 8 heteroatoms. The molecule has 2 N–H and O–H groups in total. The summed E-state index contributed by atoms with van der Waals surface area (Å²) in [5.41, 5.74) is 4.47. The second-order valence-electron chi connectivity index (χ2n) is 9.79. The lowest BCUT2D eigenvalue weighted by molar-refractivity contribution is -0.151. The molecule has 0 spiro atoms. The minimum atomic E-state index is -1.06. The van der Waals surface area contributed by atoms with Gasteiger partial charge in [0.05, 0.1) is 12.1 Å². The maximum absolute atomic E-state index is 13.5. The standard InChI is InChI=1S/C27H30N2O6/c1-15(2)24(25(30)29-21-11-12-34-23(21)13-22(29)26(31)32)28-27(33)35-14-20-18-9-5-3-7-16(18)17-8-4-6-10-19(17)20/h3-10,15,20-24H,11-14H2,1-2H3,(H,28,33)(H,31,32)/t21?,22?,23?,24-/m1/s1. The number of amides is 2. The number of likely N-dealkylation sites (tertiary alicyclic amines) is 1. The Morgan fingerprint density at radius 1 is 1.09 bits per heavy atom. The van der Waals surface area contributed by atoms with E-state index >= 15 is 0 Å². The van der Waals surface area contributed by atoms with E-state index in [-0.39, 0.29) is 37.0 Å². The molecule has 1 aliphatic carbocycles. The molecule has 2 aliphatic heterocycles. The Hall–Kier alpha value is -3.39. The summed E-state index contributed by atoms with van der Waals surface area (Å²) in [7, 11) is 0. The molecule has 3 unspecified atom stereocenters. The number of alkyl carbamates (subject to hydrolysis) is 1. The van der Waals surface area contributed by atoms with E-state index in [9.17, 15) is 19.5 Å². The maximum atomic E-state index is 13.5. The van der Waals surface area contributed by atoms with Crippen molar-refractivity contribution in [3.8, 4) is 11.1 Å². The average molecular weight is 479 g/mol. The predicted octanol–water partition coefficient (Wildman–Crippen LogP) is 3.39. The Morgan fingerprint density at radius 3 is 2.31 bits per heavy atom. The number of carbonyl (C=O) groups excluding carboxylic acids is 2. The monoisotopic (exact) mass is 478 g/mol. The van der Waals surface area contributed by atoms with E-state index in [0.29, 0.717) is 13.0 Å². The van der Waals surface area contributed by atoms with Gasteiger partial charge in [0.15, 0.2) is 0 Å². The normalized spacial score (nSPS) is 23.5. The van der Waals surface area contributed by atoms with Crippen LogP contribution in [0.3, 0.4) is 0 Å². The molecule has 4 atom stereocenters. The van der Waals surface area contributed by atoms with Crippen molar-refractivity contribution in [1.29, 1.82) is 0 Å². The largest absolute Gasteiger partial charge is 0.480 e. The molecule has 0 saturated carbocycles. The molecule has 2 fully saturated rings. The molecule has 184 valence electrons. The topological polar surface area (TPSA) is 105 Å². The third kappa shape index (κ3) is 4.16. The van der Waals surface area contributed by atoms with Gasteiger partial charge in [0.1, 0.15) is 18.7 Å². The molecule has 2 aromatic rings. The van der Waals surface area contributed by atoms with Gasteiger partial charge in [-0.15, -0.1) is 0 Å². The molecule has 5 rings (SSSR count). The van der Waals surface area contributed by atoms with E-state index in [2.05, 4.69) is 17.4 Å². The third-order valence-corrected chi connectivity index (χ3v) is 7.41. The summed E-state index contributed by atoms with van der Waals surface area (Å²) in [5.74, 6) is -1.80. The van der Waals surface area contributed by atoms with Gasteiger partial charge in [-0.3, -0.25) is 4.79 Å². The van der Waals surface area contributed by atoms with E-state index in [1.807, 2.05) is 50.2 Å². The average Bonchev–Trinajstić information content (AvgIpc) is 3.52. The van der Waals surface area contributed by atoms with E-state index < -0.39 is 30.1 Å². The minimum Gasteiger partial charge on any atom is -0.480 e. The van der Waals surface area contributed by atoms with Gasteiger partial charge in [0.2, 0.25) is 5.91 Å². The van der Waals surface area contributed by atoms with Crippen molar-refractivity contribution in [3.05, 3.63) is 59.7 Å². The fourth-order valence-corrected chi connectivity index (χ4v) is 5.72. The van der Waals surface area contributed by atoms with Crippen LogP contribution in [0.5, 0.6) is 0 Å². The number of hydrogen-bond donors (Lipinski definition) is 2. The van der Waals surface area contributed by atoms with Crippen LogP contribution in [0.2, 0.25) is 0 Å². The first-order chi connectivity index (χ1) is 16.9. The number of nitrogens with zero attached hydrogens (tertiary/aromatic N) is 1. The third-order valence-electron chi connectivity index (χ3n) is 7.41. The molecule has 2 amide bonds. The van der Waals surface area contributed by atoms with E-state index in [0.717, 1.165) is 22.3 Å². The summed E-state index contributed by atoms with van der Waals surface area (Å²) in [6, 6.07) is 14.0. The van der Waals surface area contributed by atoms with Crippen molar-refractivity contribution in [1.82, 2.24) is 10.2 Å². The summed E-state index contributed by atoms with van der Waals surface area (Å²) in [5, 5.41) is 12.4. The smallest absolute Gasteiger partial charge is 0.407 e. The van der Waals surface area contributed by atoms with Crippen LogP contribution >= 0.6 is 0 Å². The number of nitrogens with one attached hydrogen (secondary N) is 1. The number of fused-ring (bicyclic) bond motifs is 4. The number of carboxylic acids is 1. The highest BCUT2D eigenvalue weighted by atomic mass is 16.5. The van der Waals surface area contributed by atoms with Gasteiger partial charge < -0.3 is 24.8 Å². The van der Waals surface area contributed by atoms with Crippen molar-refractivity contribution in [2.45, 2.75) is 56.8 Å². The number of aliphatic carboxylic acids is 1. The summed E-state index contributed by atoms with van der Waals surface area (Å²) in [6.45, 7) is 4.28. The minimum absolute atomic E-state index is 0.0901. The molecular weight excluding hydrogens is 448 g/mol. The van der Waals surface area contributed by atoms with Crippen LogP contribution in [0.1, 0.15) is 43.7 Å². The Labute approximate surface area is 204 Å². The zero-order chi connectivity index (χ0) is 24.7. The highest BCUT2D eigenvalue weighted by molar-refractivity contribution is 5.90. The molecule has 2 heterocycles. The highest BCUT2D eigenvalue weighted by Crippen LogP contribution is 2.44. The number of rotatable bonds is 6. The molecule has 0 radical (unpaired) electrons. The fraction of sp³-hybridized carbons (Fsp3) is 0.444. The summed E-state index contributed by atoms with van der Waals surface area (Å²) < 4.78 is 11.3. The fourth-order valence-electron chi connectivity index (χ4n) is 5.72. The van der Waals surface area contributed by atoms with Crippen LogP contribution in [0.4, 0.5) is 4.79 Å². The van der Waals surface area contributed by atoms with Gasteiger partial charge in [-0.1, -0.05) is 62.4 Å². The van der Waals surface area contributed by atoms with Crippen molar-refractivity contribution in [2.75, 3.05) is 13.2 Å². The van der Waals surface area contributed by atoms with Crippen molar-refractivity contribution >= 4 is 18.0 Å². The number of carbonyl (C=O) groups is 3. The predicted molar refractivity (Wildman–Crippen MR) is 128 cm³/mol. The van der Waals surface area contributed by atoms with Crippen molar-refractivity contribution < 1.29 is 29.0 Å². The van der Waals surface area contributed by atoms with Gasteiger partial charge >= 0.3 is 12.1 Å². The van der Waals surface area contributed by atoms with Crippen LogP contribution in [-0.2, 0) is 19.1 Å². The number of benzene rings is 2. The highest BCUT2D eigenvalue weighted by Gasteiger charge is 2.51. The van der Waals surface area contributed by atoms with Crippen molar-refractivity contribution in [2.24, 2.45) is 5.92 Å². The summed E-state index contributed by atoms with van der Waals surface area (Å²) in [6.07, 6.45) is -0.108. The first kappa shape index (κ1) is 23.4. The molecule has 0 aromatic heterocycles. The van der Waals surface area contributed by atoms with Gasteiger partial charge in [-0.05, 0) is 34.6 Å². The number of carboxylic acid groups (broad SMARTS) is 1. The maximum Gasteiger partial charge on any atom is 0.407 e. The Balaban J connectivity index is 1.29. The molecule has 2 aromatic carbocycles. The Kier molecular flexibility index (Phi) is 6.23. The number of hydrogen-bond acceptors (Lipinski definition) is 5. The molecule has 8 nitrogen and oxygen atoms in total. The zero-order valence-corrected chi connectivity index (χ0v) is 19.8. The second kappa shape index (κ2) is 9.34. The lowest BCUT2D eigenvalue weighted by Crippen LogP contribution is -2.56. The van der Waals surface area contributed by atoms with Crippen LogP contribution in [0.25, 0.3) is 11.1 Å². The first-order valence-electron chi connectivity index (χ1n) is 12.1. The first-order valence-corrected chi connectivity index (χ1v) is 12.1. The van der Waals surface area contributed by atoms with E-state index in [1.165, 1.54) is 4.90 Å². The van der Waals surface area contributed by atoms with Crippen LogP contribution < -0.4 is 5.32 Å². The van der Waals surface area contributed by atoms with Gasteiger partial charge in [-0.25, -0.2) is 9.59 Å². The van der Waals surface area contributed by atoms with Crippen LogP contribution in [0.15, 0.2) is 48.5 Å². The molecule has 3 aliphatic rings. The van der Waals surface area contributed by atoms with Crippen LogP contribution in [0, 0.1) is 5.92 Å². The van der Waals surface area contributed by atoms with Crippen LogP contribution in [-0.4, -0.2) is 65.4 Å². The SMILES string of the molecule is CC(C)[C@@H](NC(=O)OCC1c2ccccc2-c2ccccc21)C(=O)N1C(C(=O)O)CC2OCCC21. The van der Waals surface area contributed by atoms with E-state index in [4.69, 9.17) is 9.47 Å². The zero-order valence-electron chi connectivity index (χ0n) is 19.8. The molecule has 0 bridgehead atoms. The van der Waals surface area contributed by atoms with Gasteiger partial charge in [0, 0.05) is 18.9 Å². The number of ether oxygens (including phenoxy) is 2. The Bertz CT molecular complexity index is 1100. The summed E-state index contributed by atoms with van der Waals surface area (Å²) >= 11 is 0. The lowest BCUT2D eigenvalue weighted by atomic mass is 9.98. The second-order valence-corrected chi connectivity index (χ2v) is 9.79. The molecular formula is C27H30N2O6. The van der Waals surface area contributed by atoms with E-state index in [1.54, 1.807) is 0 Å². The van der Waals surface area contributed by atoms with Gasteiger partial charge in [-0.2, -0.15) is 0 Å². The van der Waals surface area contributed by atoms with Crippen molar-refractivity contribution in [3.63, 3.8) is 0 Å². The lowest BCUT2D eigenvalue weighted by Gasteiger charge is -2.32. The molecule has 35 heavy (non-hydrogen) atoms.